The van der Waals surface area contributed by atoms with E-state index >= 15 is 0 Å². The number of phenolic OH excluding ortho intramolecular Hbond substituents is 2. The third-order valence-corrected chi connectivity index (χ3v) is 3.71. The molecule has 1 heterocycles. The first-order valence-electron chi connectivity index (χ1n) is 6.38. The van der Waals surface area contributed by atoms with Crippen molar-refractivity contribution in [2.45, 2.75) is 0 Å². The third kappa shape index (κ3) is 2.99. The SMILES string of the molecule is Oc1ccc(C2=CSC(=Nc3ccccc3F)NN2)c(O)c1. The Bertz CT molecular complexity index is 777. The molecule has 7 heteroatoms. The number of rotatable bonds is 2. The van der Waals surface area contributed by atoms with Crippen molar-refractivity contribution in [2.24, 2.45) is 4.99 Å². The molecule has 0 spiro atoms. The van der Waals surface area contributed by atoms with Crippen LogP contribution < -0.4 is 10.9 Å². The predicted molar refractivity (Wildman–Crippen MR) is 85.1 cm³/mol. The molecule has 0 bridgehead atoms. The zero-order valence-corrected chi connectivity index (χ0v) is 12.1. The van der Waals surface area contributed by atoms with Gasteiger partial charge in [0, 0.05) is 17.0 Å². The van der Waals surface area contributed by atoms with Crippen molar-refractivity contribution in [3.05, 3.63) is 59.3 Å². The van der Waals surface area contributed by atoms with Gasteiger partial charge in [-0.05, 0) is 24.3 Å². The van der Waals surface area contributed by atoms with Crippen LogP contribution in [0, 0.1) is 5.82 Å². The fourth-order valence-corrected chi connectivity index (χ4v) is 2.56. The molecule has 0 saturated heterocycles. The Labute approximate surface area is 130 Å². The number of nitrogens with one attached hydrogen (secondary N) is 2. The van der Waals surface area contributed by atoms with Crippen LogP contribution >= 0.6 is 11.8 Å². The minimum Gasteiger partial charge on any atom is -0.508 e. The van der Waals surface area contributed by atoms with Crippen LogP contribution in [0.25, 0.3) is 5.70 Å². The third-order valence-electron chi connectivity index (χ3n) is 2.94. The van der Waals surface area contributed by atoms with Gasteiger partial charge in [-0.1, -0.05) is 23.9 Å². The molecule has 2 aromatic rings. The van der Waals surface area contributed by atoms with Crippen molar-refractivity contribution in [3.8, 4) is 11.5 Å². The molecule has 0 radical (unpaired) electrons. The summed E-state index contributed by atoms with van der Waals surface area (Å²) in [5.74, 6) is -0.459. The second-order valence-corrected chi connectivity index (χ2v) is 5.33. The molecule has 0 saturated carbocycles. The summed E-state index contributed by atoms with van der Waals surface area (Å²) in [5, 5.41) is 21.3. The lowest BCUT2D eigenvalue weighted by atomic mass is 10.1. The number of amidine groups is 1. The topological polar surface area (TPSA) is 76.9 Å². The summed E-state index contributed by atoms with van der Waals surface area (Å²) in [6.07, 6.45) is 0. The van der Waals surface area contributed by atoms with Crippen molar-refractivity contribution < 1.29 is 14.6 Å². The van der Waals surface area contributed by atoms with Gasteiger partial charge in [-0.3, -0.25) is 10.9 Å². The molecule has 3 rings (SSSR count). The van der Waals surface area contributed by atoms with Gasteiger partial charge in [-0.2, -0.15) is 0 Å². The fourth-order valence-electron chi connectivity index (χ4n) is 1.88. The molecule has 22 heavy (non-hydrogen) atoms. The number of benzene rings is 2. The second-order valence-electron chi connectivity index (χ2n) is 4.47. The minimum atomic E-state index is -0.400. The van der Waals surface area contributed by atoms with E-state index in [4.69, 9.17) is 0 Å². The molecule has 0 aliphatic carbocycles. The number of aliphatic imine (C=N–C) groups is 1. The predicted octanol–water partition coefficient (Wildman–Crippen LogP) is 3.06. The average Bonchev–Trinajstić information content (AvgIpc) is 2.51. The molecule has 0 fully saturated rings. The summed E-state index contributed by atoms with van der Waals surface area (Å²) in [4.78, 5) is 4.17. The van der Waals surface area contributed by atoms with E-state index in [0.717, 1.165) is 0 Å². The molecule has 0 amide bonds. The van der Waals surface area contributed by atoms with Crippen molar-refractivity contribution in [1.29, 1.82) is 0 Å². The van der Waals surface area contributed by atoms with Crippen molar-refractivity contribution in [2.75, 3.05) is 0 Å². The lowest BCUT2D eigenvalue weighted by molar-refractivity contribution is 0.449. The summed E-state index contributed by atoms with van der Waals surface area (Å²) >= 11 is 1.26. The van der Waals surface area contributed by atoms with E-state index in [1.807, 2.05) is 0 Å². The van der Waals surface area contributed by atoms with Gasteiger partial charge in [0.1, 0.15) is 23.0 Å². The van der Waals surface area contributed by atoms with Crippen LogP contribution in [0.3, 0.4) is 0 Å². The second kappa shape index (κ2) is 5.98. The molecule has 0 atom stereocenters. The van der Waals surface area contributed by atoms with Crippen LogP contribution in [0.1, 0.15) is 5.56 Å². The van der Waals surface area contributed by atoms with Crippen LogP contribution in [-0.4, -0.2) is 15.4 Å². The van der Waals surface area contributed by atoms with Crippen LogP contribution in [0.5, 0.6) is 11.5 Å². The number of halogens is 1. The van der Waals surface area contributed by atoms with Crippen LogP contribution in [0.2, 0.25) is 0 Å². The zero-order chi connectivity index (χ0) is 15.5. The Morgan fingerprint density at radius 1 is 1.05 bits per heavy atom. The Hall–Kier alpha value is -2.67. The first-order chi connectivity index (χ1) is 10.6. The van der Waals surface area contributed by atoms with Gasteiger partial charge >= 0.3 is 0 Å². The molecule has 0 unspecified atom stereocenters. The van der Waals surface area contributed by atoms with E-state index in [9.17, 15) is 14.6 Å². The minimum absolute atomic E-state index is 0.0138. The lowest BCUT2D eigenvalue weighted by Crippen LogP contribution is -2.36. The van der Waals surface area contributed by atoms with Gasteiger partial charge in [0.05, 0.1) is 5.70 Å². The van der Waals surface area contributed by atoms with E-state index in [1.165, 1.54) is 30.0 Å². The summed E-state index contributed by atoms with van der Waals surface area (Å²) in [6, 6.07) is 10.6. The van der Waals surface area contributed by atoms with E-state index in [-0.39, 0.29) is 17.2 Å². The lowest BCUT2D eigenvalue weighted by Gasteiger charge is -2.19. The molecule has 112 valence electrons. The standard InChI is InChI=1S/C15H12FN3O2S/c16-11-3-1-2-4-12(11)17-15-19-18-13(8-22-15)10-6-5-9(20)7-14(10)21/h1-8,18,20-21H,(H,17,19). The largest absolute Gasteiger partial charge is 0.508 e. The summed E-state index contributed by atoms with van der Waals surface area (Å²) in [6.45, 7) is 0. The number of phenols is 2. The molecule has 2 aromatic carbocycles. The highest BCUT2D eigenvalue weighted by molar-refractivity contribution is 8.16. The van der Waals surface area contributed by atoms with Gasteiger partial charge in [0.2, 0.25) is 0 Å². The average molecular weight is 317 g/mol. The first-order valence-corrected chi connectivity index (χ1v) is 7.26. The number of para-hydroxylation sites is 1. The monoisotopic (exact) mass is 317 g/mol. The molecule has 0 aromatic heterocycles. The Kier molecular flexibility index (Phi) is 3.88. The fraction of sp³-hybridized carbons (Fsp3) is 0. The molecule has 1 aliphatic rings. The maximum Gasteiger partial charge on any atom is 0.185 e. The number of hydrogen-bond donors (Lipinski definition) is 4. The quantitative estimate of drug-likeness (QED) is 0.685. The highest BCUT2D eigenvalue weighted by Gasteiger charge is 2.14. The first kappa shape index (κ1) is 14.3. The summed E-state index contributed by atoms with van der Waals surface area (Å²) in [7, 11) is 0. The Morgan fingerprint density at radius 3 is 2.55 bits per heavy atom. The number of aromatic hydroxyl groups is 2. The smallest absolute Gasteiger partial charge is 0.185 e. The van der Waals surface area contributed by atoms with Gasteiger partial charge in [0.25, 0.3) is 0 Å². The molecule has 4 N–H and O–H groups in total. The molecule has 1 aliphatic heterocycles. The summed E-state index contributed by atoms with van der Waals surface area (Å²) < 4.78 is 13.5. The van der Waals surface area contributed by atoms with Crippen LogP contribution in [0.15, 0.2) is 52.9 Å². The van der Waals surface area contributed by atoms with E-state index in [2.05, 4.69) is 15.8 Å². The maximum absolute atomic E-state index is 13.5. The van der Waals surface area contributed by atoms with Crippen LogP contribution in [0.4, 0.5) is 10.1 Å². The number of hydrogen-bond acceptors (Lipinski definition) is 5. The van der Waals surface area contributed by atoms with Crippen molar-refractivity contribution >= 4 is 28.3 Å². The number of nitrogens with zero attached hydrogens (tertiary/aromatic N) is 1. The zero-order valence-electron chi connectivity index (χ0n) is 11.2. The molecular formula is C15H12FN3O2S. The van der Waals surface area contributed by atoms with Gasteiger partial charge < -0.3 is 10.2 Å². The van der Waals surface area contributed by atoms with Gasteiger partial charge in [-0.15, -0.1) is 0 Å². The van der Waals surface area contributed by atoms with Crippen LogP contribution in [-0.2, 0) is 0 Å². The number of hydrazine groups is 1. The van der Waals surface area contributed by atoms with E-state index in [0.29, 0.717) is 16.4 Å². The van der Waals surface area contributed by atoms with Crippen molar-refractivity contribution in [3.63, 3.8) is 0 Å². The Morgan fingerprint density at radius 2 is 1.86 bits per heavy atom. The molecule has 5 nitrogen and oxygen atoms in total. The van der Waals surface area contributed by atoms with Gasteiger partial charge in [0.15, 0.2) is 5.17 Å². The highest BCUT2D eigenvalue weighted by Crippen LogP contribution is 2.30. The molecular weight excluding hydrogens is 305 g/mol. The Balaban J connectivity index is 1.81. The summed E-state index contributed by atoms with van der Waals surface area (Å²) in [5.41, 5.74) is 7.11. The highest BCUT2D eigenvalue weighted by atomic mass is 32.2. The van der Waals surface area contributed by atoms with Gasteiger partial charge in [-0.25, -0.2) is 9.38 Å². The number of thioether (sulfide) groups is 1. The van der Waals surface area contributed by atoms with Crippen molar-refractivity contribution in [1.82, 2.24) is 10.9 Å². The van der Waals surface area contributed by atoms with E-state index in [1.54, 1.807) is 29.7 Å². The van der Waals surface area contributed by atoms with E-state index < -0.39 is 5.82 Å². The normalized spacial score (nSPS) is 15.9. The maximum atomic E-state index is 13.5.